The molecule has 0 bridgehead atoms. The predicted molar refractivity (Wildman–Crippen MR) is 60.3 cm³/mol. The Labute approximate surface area is 92.3 Å². The minimum absolute atomic E-state index is 0. The molecule has 0 amide bonds. The number of hydrogen-bond acceptors (Lipinski definition) is 3. The lowest BCUT2D eigenvalue weighted by Crippen LogP contribution is -2.38. The second-order valence-corrected chi connectivity index (χ2v) is 5.56. The minimum Gasteiger partial charge on any atom is -0.316 e. The van der Waals surface area contributed by atoms with Gasteiger partial charge in [0.2, 0.25) is 10.0 Å². The molecule has 1 rings (SSSR count). The Morgan fingerprint density at radius 3 is 2.71 bits per heavy atom. The summed E-state index contributed by atoms with van der Waals surface area (Å²) in [6.07, 6.45) is 2.28. The van der Waals surface area contributed by atoms with Gasteiger partial charge in [0.05, 0.1) is 5.75 Å². The van der Waals surface area contributed by atoms with Crippen LogP contribution >= 0.6 is 12.4 Å². The Balaban J connectivity index is 0.00000169. The van der Waals surface area contributed by atoms with Gasteiger partial charge in [0.15, 0.2) is 0 Å². The summed E-state index contributed by atoms with van der Waals surface area (Å²) in [4.78, 5) is 0. The van der Waals surface area contributed by atoms with Crippen LogP contribution in [-0.4, -0.2) is 33.8 Å². The Bertz CT molecular complexity index is 238. The maximum absolute atomic E-state index is 11.1. The Kier molecular flexibility index (Phi) is 6.68. The van der Waals surface area contributed by atoms with Gasteiger partial charge in [0.25, 0.3) is 0 Å². The molecule has 2 N–H and O–H groups in total. The maximum Gasteiger partial charge on any atom is 0.211 e. The molecule has 14 heavy (non-hydrogen) atoms. The van der Waals surface area contributed by atoms with Crippen LogP contribution in [0, 0.1) is 5.92 Å². The summed E-state index contributed by atoms with van der Waals surface area (Å²) in [6.45, 7) is 4.24. The lowest BCUT2D eigenvalue weighted by molar-refractivity contribution is 0.376. The molecule has 86 valence electrons. The lowest BCUT2D eigenvalue weighted by Gasteiger charge is -2.22. The Morgan fingerprint density at radius 1 is 1.50 bits per heavy atom. The van der Waals surface area contributed by atoms with Crippen LogP contribution in [-0.2, 0) is 10.0 Å². The zero-order valence-corrected chi connectivity index (χ0v) is 10.1. The van der Waals surface area contributed by atoms with Gasteiger partial charge >= 0.3 is 0 Å². The second kappa shape index (κ2) is 6.61. The van der Waals surface area contributed by atoms with Crippen LogP contribution in [0.15, 0.2) is 0 Å². The summed E-state index contributed by atoms with van der Waals surface area (Å²) < 4.78 is 24.8. The molecule has 1 heterocycles. The molecule has 0 saturated carbocycles. The van der Waals surface area contributed by atoms with E-state index in [0.29, 0.717) is 12.5 Å². The van der Waals surface area contributed by atoms with Crippen molar-refractivity contribution in [1.29, 1.82) is 0 Å². The zero-order valence-electron chi connectivity index (χ0n) is 8.45. The van der Waals surface area contributed by atoms with E-state index in [9.17, 15) is 8.42 Å². The van der Waals surface area contributed by atoms with Gasteiger partial charge in [0.1, 0.15) is 0 Å². The van der Waals surface area contributed by atoms with Crippen molar-refractivity contribution in [2.24, 2.45) is 5.92 Å². The molecule has 1 aliphatic heterocycles. The van der Waals surface area contributed by atoms with Crippen molar-refractivity contribution in [3.05, 3.63) is 0 Å². The molecule has 0 aromatic heterocycles. The Hall–Kier alpha value is 0.160. The first kappa shape index (κ1) is 14.2. The van der Waals surface area contributed by atoms with Crippen molar-refractivity contribution < 1.29 is 8.42 Å². The van der Waals surface area contributed by atoms with E-state index >= 15 is 0 Å². The van der Waals surface area contributed by atoms with E-state index in [1.165, 1.54) is 0 Å². The highest BCUT2D eigenvalue weighted by Crippen LogP contribution is 2.08. The van der Waals surface area contributed by atoms with Crippen molar-refractivity contribution in [2.45, 2.75) is 19.8 Å². The summed E-state index contributed by atoms with van der Waals surface area (Å²) in [7, 11) is -3.00. The lowest BCUT2D eigenvalue weighted by atomic mass is 10.0. The van der Waals surface area contributed by atoms with Crippen molar-refractivity contribution in [3.63, 3.8) is 0 Å². The normalized spacial score (nSPS) is 22.8. The van der Waals surface area contributed by atoms with Crippen molar-refractivity contribution in [3.8, 4) is 0 Å². The van der Waals surface area contributed by atoms with Crippen molar-refractivity contribution in [1.82, 2.24) is 10.0 Å². The van der Waals surface area contributed by atoms with Gasteiger partial charge in [-0.15, -0.1) is 12.4 Å². The molecular formula is C8H19ClN2O2S. The minimum atomic E-state index is -3.00. The summed E-state index contributed by atoms with van der Waals surface area (Å²) >= 11 is 0. The number of piperidine rings is 1. The van der Waals surface area contributed by atoms with Crippen molar-refractivity contribution in [2.75, 3.05) is 25.4 Å². The highest BCUT2D eigenvalue weighted by Gasteiger charge is 2.15. The molecule has 0 spiro atoms. The van der Waals surface area contributed by atoms with Crippen LogP contribution in [0.1, 0.15) is 19.8 Å². The maximum atomic E-state index is 11.1. The van der Waals surface area contributed by atoms with Crippen LogP contribution in [0.5, 0.6) is 0 Å². The highest BCUT2D eigenvalue weighted by molar-refractivity contribution is 7.89. The van der Waals surface area contributed by atoms with Gasteiger partial charge in [-0.1, -0.05) is 0 Å². The third kappa shape index (κ3) is 5.14. The van der Waals surface area contributed by atoms with E-state index in [2.05, 4.69) is 10.0 Å². The first-order valence-corrected chi connectivity index (χ1v) is 6.47. The predicted octanol–water partition coefficient (Wildman–Crippen LogP) is 0.347. The fraction of sp³-hybridized carbons (Fsp3) is 1.00. The number of hydrogen-bond donors (Lipinski definition) is 2. The average Bonchev–Trinajstić information content (AvgIpc) is 2.17. The van der Waals surface area contributed by atoms with Gasteiger partial charge in [-0.25, -0.2) is 13.1 Å². The van der Waals surface area contributed by atoms with Crippen LogP contribution in [0.3, 0.4) is 0 Å². The number of sulfonamides is 1. The summed E-state index contributed by atoms with van der Waals surface area (Å²) in [6, 6.07) is 0. The van der Waals surface area contributed by atoms with E-state index in [1.807, 2.05) is 0 Å². The number of halogens is 1. The number of rotatable bonds is 4. The molecule has 0 aliphatic carbocycles. The third-order valence-electron chi connectivity index (χ3n) is 2.37. The average molecular weight is 243 g/mol. The van der Waals surface area contributed by atoms with Gasteiger partial charge < -0.3 is 5.32 Å². The first-order valence-electron chi connectivity index (χ1n) is 4.82. The third-order valence-corrected chi connectivity index (χ3v) is 3.74. The topological polar surface area (TPSA) is 58.2 Å². The standard InChI is InChI=1S/C8H18N2O2S.ClH/c1-2-13(11,12)10-7-8-4-3-5-9-6-8;/h8-10H,2-7H2,1H3;1H. The molecule has 6 heteroatoms. The van der Waals surface area contributed by atoms with E-state index in [1.54, 1.807) is 6.92 Å². The SMILES string of the molecule is CCS(=O)(=O)NCC1CCCNC1.Cl. The fourth-order valence-corrected chi connectivity index (χ4v) is 2.14. The molecule has 1 unspecified atom stereocenters. The molecule has 1 saturated heterocycles. The van der Waals surface area contributed by atoms with E-state index < -0.39 is 10.0 Å². The van der Waals surface area contributed by atoms with E-state index in [0.717, 1.165) is 25.9 Å². The summed E-state index contributed by atoms with van der Waals surface area (Å²) in [5, 5.41) is 3.25. The second-order valence-electron chi connectivity index (χ2n) is 3.46. The largest absolute Gasteiger partial charge is 0.316 e. The van der Waals surface area contributed by atoms with Crippen LogP contribution in [0.25, 0.3) is 0 Å². The van der Waals surface area contributed by atoms with E-state index in [-0.39, 0.29) is 18.2 Å². The first-order chi connectivity index (χ1) is 6.14. The summed E-state index contributed by atoms with van der Waals surface area (Å²) in [5.41, 5.74) is 0. The monoisotopic (exact) mass is 242 g/mol. The van der Waals surface area contributed by atoms with Gasteiger partial charge in [0, 0.05) is 6.54 Å². The van der Waals surface area contributed by atoms with Gasteiger partial charge in [-0.3, -0.25) is 0 Å². The quantitative estimate of drug-likeness (QED) is 0.748. The van der Waals surface area contributed by atoms with Crippen LogP contribution in [0.4, 0.5) is 0 Å². The van der Waals surface area contributed by atoms with Gasteiger partial charge in [-0.2, -0.15) is 0 Å². The highest BCUT2D eigenvalue weighted by atomic mass is 35.5. The molecule has 1 aliphatic rings. The smallest absolute Gasteiger partial charge is 0.211 e. The molecule has 4 nitrogen and oxygen atoms in total. The van der Waals surface area contributed by atoms with Crippen LogP contribution < -0.4 is 10.0 Å². The Morgan fingerprint density at radius 2 is 2.21 bits per heavy atom. The fourth-order valence-electron chi connectivity index (χ4n) is 1.45. The zero-order chi connectivity index (χ0) is 9.73. The molecule has 1 fully saturated rings. The molecule has 1 atom stereocenters. The molecule has 0 aromatic rings. The summed E-state index contributed by atoms with van der Waals surface area (Å²) in [5.74, 6) is 0.641. The van der Waals surface area contributed by atoms with Gasteiger partial charge in [-0.05, 0) is 38.8 Å². The molecule has 0 radical (unpaired) electrons. The number of nitrogens with one attached hydrogen (secondary N) is 2. The van der Waals surface area contributed by atoms with E-state index in [4.69, 9.17) is 0 Å². The van der Waals surface area contributed by atoms with Crippen molar-refractivity contribution >= 4 is 22.4 Å². The molecular weight excluding hydrogens is 224 g/mol. The molecule has 0 aromatic carbocycles. The van der Waals surface area contributed by atoms with Crippen LogP contribution in [0.2, 0.25) is 0 Å².